The molecule has 28 heavy (non-hydrogen) atoms. The molecule has 2 heterocycles. The van der Waals surface area contributed by atoms with Gasteiger partial charge >= 0.3 is 0 Å². The van der Waals surface area contributed by atoms with E-state index in [9.17, 15) is 14.0 Å². The van der Waals surface area contributed by atoms with Gasteiger partial charge in [0.2, 0.25) is 5.91 Å². The van der Waals surface area contributed by atoms with Crippen LogP contribution in [0.15, 0.2) is 59.7 Å². The summed E-state index contributed by atoms with van der Waals surface area (Å²) in [5.74, 6) is -0.761. The number of para-hydroxylation sites is 1. The molecule has 0 bridgehead atoms. The highest BCUT2D eigenvalue weighted by Crippen LogP contribution is 2.27. The number of aromatic nitrogens is 3. The zero-order chi connectivity index (χ0) is 19.7. The fraction of sp³-hybridized carbons (Fsp3) is 0.0526. The minimum Gasteiger partial charge on any atom is -0.323 e. The summed E-state index contributed by atoms with van der Waals surface area (Å²) < 4.78 is 18.9. The van der Waals surface area contributed by atoms with Crippen molar-refractivity contribution in [2.24, 2.45) is 0 Å². The maximum Gasteiger partial charge on any atom is 0.273 e. The first-order valence-corrected chi connectivity index (χ1v) is 9.33. The van der Waals surface area contributed by atoms with Gasteiger partial charge in [-0.25, -0.2) is 9.37 Å². The maximum atomic E-state index is 13.1. The van der Waals surface area contributed by atoms with Gasteiger partial charge in [0.15, 0.2) is 0 Å². The Labute approximate surface area is 167 Å². The minimum absolute atomic E-state index is 0.212. The van der Waals surface area contributed by atoms with Gasteiger partial charge in [0.25, 0.3) is 5.56 Å². The van der Waals surface area contributed by atoms with Crippen molar-refractivity contribution in [2.45, 2.75) is 6.54 Å². The summed E-state index contributed by atoms with van der Waals surface area (Å²) in [5.41, 5.74) is 1.68. The minimum atomic E-state index is -0.403. The Bertz CT molecular complexity index is 1240. The van der Waals surface area contributed by atoms with E-state index in [1.165, 1.54) is 23.0 Å². The van der Waals surface area contributed by atoms with Crippen LogP contribution in [-0.4, -0.2) is 19.8 Å². The number of anilines is 1. The number of carbonyl (C=O) groups excluding carboxylic acids is 1. The molecule has 0 fully saturated rings. The largest absolute Gasteiger partial charge is 0.323 e. The van der Waals surface area contributed by atoms with Crippen LogP contribution in [0, 0.1) is 5.82 Å². The van der Waals surface area contributed by atoms with Gasteiger partial charge < -0.3 is 5.32 Å². The topological polar surface area (TPSA) is 76.9 Å². The highest BCUT2D eigenvalue weighted by molar-refractivity contribution is 7.13. The Hall–Kier alpha value is -3.10. The zero-order valence-electron chi connectivity index (χ0n) is 14.2. The predicted octanol–water partition coefficient (Wildman–Crippen LogP) is 3.95. The fourth-order valence-electron chi connectivity index (χ4n) is 2.67. The number of hydrogen-bond donors (Lipinski definition) is 1. The SMILES string of the molecule is O=C(Cn1cnc2c(-c3ccc(F)cc3)nsc2c1=O)Nc1ccccc1Cl. The Morgan fingerprint density at radius 2 is 1.93 bits per heavy atom. The van der Waals surface area contributed by atoms with Crippen LogP contribution in [0.1, 0.15) is 0 Å². The number of fused-ring (bicyclic) bond motifs is 1. The summed E-state index contributed by atoms with van der Waals surface area (Å²) in [6.45, 7) is -0.212. The van der Waals surface area contributed by atoms with E-state index in [4.69, 9.17) is 11.6 Å². The number of amides is 1. The predicted molar refractivity (Wildman–Crippen MR) is 107 cm³/mol. The third kappa shape index (κ3) is 3.51. The van der Waals surface area contributed by atoms with Crippen molar-refractivity contribution in [3.63, 3.8) is 0 Å². The lowest BCUT2D eigenvalue weighted by Gasteiger charge is -2.08. The number of carbonyl (C=O) groups is 1. The van der Waals surface area contributed by atoms with Crippen LogP contribution in [-0.2, 0) is 11.3 Å². The molecule has 0 saturated heterocycles. The molecule has 0 aliphatic heterocycles. The van der Waals surface area contributed by atoms with Crippen LogP contribution in [0.4, 0.5) is 10.1 Å². The van der Waals surface area contributed by atoms with Gasteiger partial charge in [-0.15, -0.1) is 0 Å². The Morgan fingerprint density at radius 3 is 2.68 bits per heavy atom. The molecule has 0 spiro atoms. The molecule has 0 unspecified atom stereocenters. The number of halogens is 2. The standard InChI is InChI=1S/C19H12ClFN4O2S/c20-13-3-1-2-4-14(13)23-15(26)9-25-10-22-17-16(24-28-18(17)19(25)27)11-5-7-12(21)8-6-11/h1-8,10H,9H2,(H,23,26). The van der Waals surface area contributed by atoms with E-state index in [1.807, 2.05) is 0 Å². The molecule has 0 radical (unpaired) electrons. The second-order valence-corrected chi connectivity index (χ2v) is 7.10. The second-order valence-electron chi connectivity index (χ2n) is 5.92. The van der Waals surface area contributed by atoms with Gasteiger partial charge in [-0.1, -0.05) is 23.7 Å². The normalized spacial score (nSPS) is 10.9. The molecular formula is C19H12ClFN4O2S. The molecular weight excluding hydrogens is 403 g/mol. The van der Waals surface area contributed by atoms with Crippen molar-refractivity contribution in [1.82, 2.24) is 13.9 Å². The van der Waals surface area contributed by atoms with Crippen molar-refractivity contribution in [3.05, 3.63) is 76.1 Å². The van der Waals surface area contributed by atoms with E-state index >= 15 is 0 Å². The monoisotopic (exact) mass is 414 g/mol. The van der Waals surface area contributed by atoms with Crippen LogP contribution in [0.25, 0.3) is 21.5 Å². The molecule has 0 aliphatic rings. The van der Waals surface area contributed by atoms with E-state index in [0.717, 1.165) is 11.5 Å². The van der Waals surface area contributed by atoms with E-state index in [1.54, 1.807) is 36.4 Å². The summed E-state index contributed by atoms with van der Waals surface area (Å²) in [4.78, 5) is 29.3. The van der Waals surface area contributed by atoms with Crippen molar-refractivity contribution < 1.29 is 9.18 Å². The van der Waals surface area contributed by atoms with Crippen LogP contribution in [0.3, 0.4) is 0 Å². The lowest BCUT2D eigenvalue weighted by atomic mass is 10.1. The average molecular weight is 415 g/mol. The summed E-state index contributed by atoms with van der Waals surface area (Å²) in [5, 5.41) is 3.07. The van der Waals surface area contributed by atoms with Crippen molar-refractivity contribution >= 4 is 44.9 Å². The smallest absolute Gasteiger partial charge is 0.273 e. The summed E-state index contributed by atoms with van der Waals surface area (Å²) >= 11 is 7.02. The third-order valence-electron chi connectivity index (χ3n) is 4.03. The van der Waals surface area contributed by atoms with Gasteiger partial charge in [-0.2, -0.15) is 4.37 Å². The van der Waals surface area contributed by atoms with E-state index < -0.39 is 5.91 Å². The Kier molecular flexibility index (Phi) is 4.89. The Balaban J connectivity index is 1.62. The summed E-state index contributed by atoms with van der Waals surface area (Å²) in [7, 11) is 0. The highest BCUT2D eigenvalue weighted by atomic mass is 35.5. The number of benzene rings is 2. The molecule has 4 rings (SSSR count). The van der Waals surface area contributed by atoms with Crippen LogP contribution >= 0.6 is 23.1 Å². The zero-order valence-corrected chi connectivity index (χ0v) is 15.8. The van der Waals surface area contributed by atoms with Gasteiger partial charge in [-0.05, 0) is 47.9 Å². The molecule has 9 heteroatoms. The maximum absolute atomic E-state index is 13.1. The first-order chi connectivity index (χ1) is 13.5. The molecule has 0 atom stereocenters. The molecule has 0 aliphatic carbocycles. The molecule has 2 aromatic heterocycles. The van der Waals surface area contributed by atoms with Gasteiger partial charge in [0.1, 0.15) is 28.3 Å². The average Bonchev–Trinajstić information content (AvgIpc) is 3.11. The number of rotatable bonds is 4. The lowest BCUT2D eigenvalue weighted by molar-refractivity contribution is -0.116. The summed E-state index contributed by atoms with van der Waals surface area (Å²) in [6.07, 6.45) is 1.30. The fourth-order valence-corrected chi connectivity index (χ4v) is 3.66. The number of nitrogens with one attached hydrogen (secondary N) is 1. The van der Waals surface area contributed by atoms with E-state index in [2.05, 4.69) is 14.7 Å². The van der Waals surface area contributed by atoms with Crippen molar-refractivity contribution in [3.8, 4) is 11.3 Å². The third-order valence-corrected chi connectivity index (χ3v) is 5.18. The van der Waals surface area contributed by atoms with Crippen molar-refractivity contribution in [2.75, 3.05) is 5.32 Å². The molecule has 0 saturated carbocycles. The van der Waals surface area contributed by atoms with Crippen LogP contribution < -0.4 is 10.9 Å². The molecule has 1 N–H and O–H groups in total. The molecule has 2 aromatic carbocycles. The van der Waals surface area contributed by atoms with Gasteiger partial charge in [0.05, 0.1) is 17.0 Å². The molecule has 6 nitrogen and oxygen atoms in total. The second kappa shape index (κ2) is 7.49. The highest BCUT2D eigenvalue weighted by Gasteiger charge is 2.16. The van der Waals surface area contributed by atoms with Crippen LogP contribution in [0.5, 0.6) is 0 Å². The first kappa shape index (κ1) is 18.3. The first-order valence-electron chi connectivity index (χ1n) is 8.18. The quantitative estimate of drug-likeness (QED) is 0.548. The number of hydrogen-bond acceptors (Lipinski definition) is 5. The molecule has 1 amide bonds. The molecule has 140 valence electrons. The Morgan fingerprint density at radius 1 is 1.18 bits per heavy atom. The number of nitrogens with zero attached hydrogens (tertiary/aromatic N) is 3. The van der Waals surface area contributed by atoms with Gasteiger partial charge in [-0.3, -0.25) is 14.2 Å². The van der Waals surface area contributed by atoms with Crippen LogP contribution in [0.2, 0.25) is 5.02 Å². The molecule has 4 aromatic rings. The van der Waals surface area contributed by atoms with E-state index in [-0.39, 0.29) is 17.9 Å². The van der Waals surface area contributed by atoms with E-state index in [0.29, 0.717) is 32.2 Å². The van der Waals surface area contributed by atoms with Crippen molar-refractivity contribution in [1.29, 1.82) is 0 Å². The summed E-state index contributed by atoms with van der Waals surface area (Å²) in [6, 6.07) is 12.6. The lowest BCUT2D eigenvalue weighted by Crippen LogP contribution is -2.27. The van der Waals surface area contributed by atoms with Gasteiger partial charge in [0, 0.05) is 5.56 Å².